The van der Waals surface area contributed by atoms with Crippen LogP contribution in [0.25, 0.3) is 0 Å². The Morgan fingerprint density at radius 2 is 2.00 bits per heavy atom. The summed E-state index contributed by atoms with van der Waals surface area (Å²) < 4.78 is 30.8. The van der Waals surface area contributed by atoms with Crippen LogP contribution in [0, 0.1) is 5.92 Å². The van der Waals surface area contributed by atoms with Gasteiger partial charge in [0.1, 0.15) is 5.75 Å². The molecule has 150 valence electrons. The van der Waals surface area contributed by atoms with Crippen LogP contribution in [-0.4, -0.2) is 38.4 Å². The molecule has 8 heteroatoms. The number of para-hydroxylation sites is 1. The topological polar surface area (TPSA) is 92.7 Å². The predicted octanol–water partition coefficient (Wildman–Crippen LogP) is 3.54. The monoisotopic (exact) mass is 423 g/mol. The van der Waals surface area contributed by atoms with Crippen LogP contribution >= 0.6 is 11.6 Å². The number of rotatable bonds is 6. The quantitative estimate of drug-likeness (QED) is 0.741. The van der Waals surface area contributed by atoms with Crippen LogP contribution in [0.3, 0.4) is 0 Å². The van der Waals surface area contributed by atoms with Gasteiger partial charge in [-0.1, -0.05) is 23.7 Å². The Bertz CT molecular complexity index is 976. The first-order valence-electron chi connectivity index (χ1n) is 8.95. The van der Waals surface area contributed by atoms with E-state index in [-0.39, 0.29) is 27.9 Å². The number of carbonyl (C=O) groups excluding carboxylic acids is 1. The molecule has 1 aliphatic rings. The number of nitrogens with one attached hydrogen (secondary N) is 1. The molecule has 1 fully saturated rings. The summed E-state index contributed by atoms with van der Waals surface area (Å²) in [5.41, 5.74) is 0.527. The van der Waals surface area contributed by atoms with Crippen LogP contribution in [0.15, 0.2) is 47.4 Å². The van der Waals surface area contributed by atoms with E-state index in [4.69, 9.17) is 16.3 Å². The van der Waals surface area contributed by atoms with Crippen molar-refractivity contribution in [3.63, 3.8) is 0 Å². The highest BCUT2D eigenvalue weighted by Gasteiger charge is 2.29. The number of ether oxygens (including phenoxy) is 1. The Morgan fingerprint density at radius 1 is 1.25 bits per heavy atom. The predicted molar refractivity (Wildman–Crippen MR) is 108 cm³/mol. The van der Waals surface area contributed by atoms with E-state index < -0.39 is 21.8 Å². The SMILES string of the molecule is COc1ccc(S(=O)(=O)CC2CC[C@H](O)C2)cc1C(=O)Nc1ccccc1Cl. The molecule has 0 bridgehead atoms. The third-order valence-corrected chi connectivity index (χ3v) is 7.08. The molecule has 1 amide bonds. The van der Waals surface area contributed by atoms with Crippen LogP contribution in [0.4, 0.5) is 5.69 Å². The van der Waals surface area contributed by atoms with E-state index in [0.29, 0.717) is 30.0 Å². The molecule has 0 radical (unpaired) electrons. The van der Waals surface area contributed by atoms with Gasteiger partial charge in [-0.25, -0.2) is 8.42 Å². The molecule has 2 N–H and O–H groups in total. The van der Waals surface area contributed by atoms with Crippen LogP contribution in [-0.2, 0) is 9.84 Å². The summed E-state index contributed by atoms with van der Waals surface area (Å²) in [6, 6.07) is 11.0. The number of aliphatic hydroxyl groups is 1. The molecular formula is C20H22ClNO5S. The Labute approximate surface area is 169 Å². The van der Waals surface area contributed by atoms with Crippen LogP contribution in [0.2, 0.25) is 5.02 Å². The number of sulfone groups is 1. The minimum absolute atomic E-state index is 0.0536. The van der Waals surface area contributed by atoms with Gasteiger partial charge in [0, 0.05) is 0 Å². The maximum atomic E-state index is 12.8. The van der Waals surface area contributed by atoms with Gasteiger partial charge in [-0.05, 0) is 55.5 Å². The number of carbonyl (C=O) groups is 1. The van der Waals surface area contributed by atoms with E-state index in [1.165, 1.54) is 25.3 Å². The van der Waals surface area contributed by atoms with Crippen molar-refractivity contribution in [3.8, 4) is 5.75 Å². The maximum Gasteiger partial charge on any atom is 0.259 e. The number of hydrogen-bond acceptors (Lipinski definition) is 5. The molecule has 2 aromatic carbocycles. The van der Waals surface area contributed by atoms with Crippen molar-refractivity contribution in [1.29, 1.82) is 0 Å². The lowest BCUT2D eigenvalue weighted by Gasteiger charge is -2.14. The molecule has 1 unspecified atom stereocenters. The number of halogens is 1. The van der Waals surface area contributed by atoms with Crippen molar-refractivity contribution < 1.29 is 23.1 Å². The van der Waals surface area contributed by atoms with Crippen LogP contribution in [0.1, 0.15) is 29.6 Å². The summed E-state index contributed by atoms with van der Waals surface area (Å²) in [5.74, 6) is -0.386. The van der Waals surface area contributed by atoms with Gasteiger partial charge < -0.3 is 15.2 Å². The van der Waals surface area contributed by atoms with E-state index >= 15 is 0 Å². The molecule has 3 rings (SSSR count). The fraction of sp³-hybridized carbons (Fsp3) is 0.350. The lowest BCUT2D eigenvalue weighted by atomic mass is 10.1. The maximum absolute atomic E-state index is 12.8. The summed E-state index contributed by atoms with van der Waals surface area (Å²) in [5, 5.41) is 12.7. The van der Waals surface area contributed by atoms with Crippen molar-refractivity contribution in [1.82, 2.24) is 0 Å². The first-order chi connectivity index (χ1) is 13.3. The van der Waals surface area contributed by atoms with Crippen molar-refractivity contribution in [2.75, 3.05) is 18.2 Å². The molecule has 28 heavy (non-hydrogen) atoms. The lowest BCUT2D eigenvalue weighted by molar-refractivity contribution is 0.102. The smallest absolute Gasteiger partial charge is 0.259 e. The molecule has 2 aromatic rings. The average molecular weight is 424 g/mol. The summed E-state index contributed by atoms with van der Waals surface area (Å²) in [6.07, 6.45) is 1.34. The second-order valence-electron chi connectivity index (χ2n) is 6.91. The molecule has 0 heterocycles. The number of benzene rings is 2. The third-order valence-electron chi connectivity index (χ3n) is 4.87. The molecule has 1 aliphatic carbocycles. The van der Waals surface area contributed by atoms with Crippen molar-refractivity contribution >= 4 is 33.0 Å². The van der Waals surface area contributed by atoms with E-state index in [2.05, 4.69) is 5.32 Å². The first-order valence-corrected chi connectivity index (χ1v) is 11.0. The Kier molecular flexibility index (Phi) is 6.27. The molecular weight excluding hydrogens is 402 g/mol. The highest BCUT2D eigenvalue weighted by molar-refractivity contribution is 7.91. The van der Waals surface area contributed by atoms with Gasteiger partial charge in [0.25, 0.3) is 5.91 Å². The van der Waals surface area contributed by atoms with Crippen LogP contribution in [0.5, 0.6) is 5.75 Å². The third kappa shape index (κ3) is 4.66. The van der Waals surface area contributed by atoms with Gasteiger partial charge in [0.05, 0.1) is 40.1 Å². The zero-order chi connectivity index (χ0) is 20.3. The second kappa shape index (κ2) is 8.51. The Hall–Kier alpha value is -2.09. The summed E-state index contributed by atoms with van der Waals surface area (Å²) in [7, 11) is -2.19. The normalized spacial score (nSPS) is 19.4. The zero-order valence-electron chi connectivity index (χ0n) is 15.4. The van der Waals surface area contributed by atoms with Crippen molar-refractivity contribution in [3.05, 3.63) is 53.1 Å². The number of hydrogen-bond donors (Lipinski definition) is 2. The Balaban J connectivity index is 1.87. The van der Waals surface area contributed by atoms with E-state index in [1.807, 2.05) is 0 Å². The van der Waals surface area contributed by atoms with Gasteiger partial charge in [0.15, 0.2) is 9.84 Å². The number of amides is 1. The Morgan fingerprint density at radius 3 is 2.64 bits per heavy atom. The molecule has 2 atom stereocenters. The number of aliphatic hydroxyl groups excluding tert-OH is 1. The highest BCUT2D eigenvalue weighted by atomic mass is 35.5. The van der Waals surface area contributed by atoms with Gasteiger partial charge in [-0.2, -0.15) is 0 Å². The van der Waals surface area contributed by atoms with E-state index in [0.717, 1.165) is 0 Å². The average Bonchev–Trinajstić information content (AvgIpc) is 3.07. The van der Waals surface area contributed by atoms with Gasteiger partial charge >= 0.3 is 0 Å². The standard InChI is InChI=1S/C20H22ClNO5S/c1-27-19-9-8-15(28(25,26)12-13-6-7-14(23)10-13)11-16(19)20(24)22-18-5-3-2-4-17(18)21/h2-5,8-9,11,13-14,23H,6-7,10,12H2,1H3,(H,22,24)/t13?,14-/m0/s1. The second-order valence-corrected chi connectivity index (χ2v) is 9.35. The molecule has 0 spiro atoms. The number of methoxy groups -OCH3 is 1. The molecule has 6 nitrogen and oxygen atoms in total. The molecule has 0 aliphatic heterocycles. The van der Waals surface area contributed by atoms with E-state index in [1.54, 1.807) is 24.3 Å². The molecule has 0 aromatic heterocycles. The fourth-order valence-electron chi connectivity index (χ4n) is 3.42. The lowest BCUT2D eigenvalue weighted by Crippen LogP contribution is -2.17. The molecule has 1 saturated carbocycles. The minimum Gasteiger partial charge on any atom is -0.496 e. The van der Waals surface area contributed by atoms with Crippen molar-refractivity contribution in [2.45, 2.75) is 30.3 Å². The van der Waals surface area contributed by atoms with Crippen LogP contribution < -0.4 is 10.1 Å². The first kappa shape index (κ1) is 20.6. The molecule has 0 saturated heterocycles. The van der Waals surface area contributed by atoms with E-state index in [9.17, 15) is 18.3 Å². The minimum atomic E-state index is -3.60. The largest absolute Gasteiger partial charge is 0.496 e. The highest BCUT2D eigenvalue weighted by Crippen LogP contribution is 2.31. The van der Waals surface area contributed by atoms with Gasteiger partial charge in [-0.15, -0.1) is 0 Å². The zero-order valence-corrected chi connectivity index (χ0v) is 17.0. The fourth-order valence-corrected chi connectivity index (χ4v) is 5.29. The van der Waals surface area contributed by atoms with Gasteiger partial charge in [0.2, 0.25) is 0 Å². The summed E-state index contributed by atoms with van der Waals surface area (Å²) >= 11 is 6.08. The number of anilines is 1. The van der Waals surface area contributed by atoms with Crippen molar-refractivity contribution in [2.24, 2.45) is 5.92 Å². The van der Waals surface area contributed by atoms with Gasteiger partial charge in [-0.3, -0.25) is 4.79 Å². The summed E-state index contributed by atoms with van der Waals surface area (Å²) in [4.78, 5) is 12.8. The summed E-state index contributed by atoms with van der Waals surface area (Å²) in [6.45, 7) is 0.